The number of carbonyl (C=O) groups excluding carboxylic acids is 1. The fourth-order valence-electron chi connectivity index (χ4n) is 1.58. The van der Waals surface area contributed by atoms with Crippen molar-refractivity contribution in [2.45, 2.75) is 45.7 Å². The second-order valence-corrected chi connectivity index (χ2v) is 3.87. The van der Waals surface area contributed by atoms with Crippen LogP contribution in [0.1, 0.15) is 33.6 Å². The minimum absolute atomic E-state index is 0.378. The van der Waals surface area contributed by atoms with Gasteiger partial charge in [-0.15, -0.1) is 0 Å². The Hall–Kier alpha value is -0.370. The van der Waals surface area contributed by atoms with E-state index in [0.717, 1.165) is 6.42 Å². The SMILES string of the molecule is CC(C)[C@@H]1CC(=O)C[C@H](C)N1. The highest BCUT2D eigenvalue weighted by Crippen LogP contribution is 2.15. The quantitative estimate of drug-likeness (QED) is 0.619. The van der Waals surface area contributed by atoms with Gasteiger partial charge in [-0.05, 0) is 12.8 Å². The molecule has 2 heteroatoms. The Bertz CT molecular complexity index is 154. The first-order valence-electron chi connectivity index (χ1n) is 4.37. The lowest BCUT2D eigenvalue weighted by molar-refractivity contribution is -0.121. The van der Waals surface area contributed by atoms with Crippen molar-refractivity contribution < 1.29 is 4.79 Å². The van der Waals surface area contributed by atoms with Gasteiger partial charge in [-0.2, -0.15) is 0 Å². The van der Waals surface area contributed by atoms with Crippen LogP contribution in [0.2, 0.25) is 0 Å². The zero-order chi connectivity index (χ0) is 8.43. The van der Waals surface area contributed by atoms with Crippen LogP contribution in [-0.2, 0) is 4.79 Å². The van der Waals surface area contributed by atoms with Gasteiger partial charge in [0.1, 0.15) is 5.78 Å². The lowest BCUT2D eigenvalue weighted by Gasteiger charge is -2.30. The summed E-state index contributed by atoms with van der Waals surface area (Å²) < 4.78 is 0. The van der Waals surface area contributed by atoms with Crippen molar-refractivity contribution in [3.8, 4) is 0 Å². The van der Waals surface area contributed by atoms with Gasteiger partial charge < -0.3 is 5.32 Å². The Balaban J connectivity index is 2.49. The summed E-state index contributed by atoms with van der Waals surface area (Å²) in [5, 5.41) is 3.43. The largest absolute Gasteiger partial charge is 0.310 e. The number of hydrogen-bond donors (Lipinski definition) is 1. The highest BCUT2D eigenvalue weighted by molar-refractivity contribution is 5.80. The molecule has 0 unspecified atom stereocenters. The average molecular weight is 155 g/mol. The van der Waals surface area contributed by atoms with Crippen LogP contribution in [0.25, 0.3) is 0 Å². The van der Waals surface area contributed by atoms with Gasteiger partial charge in [0, 0.05) is 24.9 Å². The molecule has 0 aliphatic carbocycles. The first kappa shape index (κ1) is 8.72. The third kappa shape index (κ3) is 2.29. The van der Waals surface area contributed by atoms with Crippen molar-refractivity contribution in [1.82, 2.24) is 5.32 Å². The molecule has 0 aromatic carbocycles. The third-order valence-electron chi connectivity index (χ3n) is 2.28. The van der Waals surface area contributed by atoms with E-state index in [4.69, 9.17) is 0 Å². The van der Waals surface area contributed by atoms with Gasteiger partial charge in [0.25, 0.3) is 0 Å². The first-order chi connectivity index (χ1) is 5.09. The molecule has 1 aliphatic rings. The predicted octanol–water partition coefficient (Wildman–Crippen LogP) is 1.35. The molecule has 0 radical (unpaired) electrons. The fourth-order valence-corrected chi connectivity index (χ4v) is 1.58. The molecule has 11 heavy (non-hydrogen) atoms. The molecule has 2 atom stereocenters. The number of Topliss-reactive ketones (excluding diaryl/α,β-unsaturated/α-hetero) is 1. The topological polar surface area (TPSA) is 29.1 Å². The Morgan fingerprint density at radius 2 is 2.09 bits per heavy atom. The summed E-state index contributed by atoms with van der Waals surface area (Å²) in [5.74, 6) is 0.983. The van der Waals surface area contributed by atoms with Crippen LogP contribution in [-0.4, -0.2) is 17.9 Å². The van der Waals surface area contributed by atoms with Gasteiger partial charge in [0.2, 0.25) is 0 Å². The number of carbonyl (C=O) groups is 1. The minimum atomic E-state index is 0.378. The van der Waals surface area contributed by atoms with Crippen molar-refractivity contribution in [2.24, 2.45) is 5.92 Å². The van der Waals surface area contributed by atoms with Gasteiger partial charge in [-0.3, -0.25) is 4.79 Å². The number of piperidine rings is 1. The molecule has 0 aromatic heterocycles. The summed E-state index contributed by atoms with van der Waals surface area (Å²) in [7, 11) is 0. The summed E-state index contributed by atoms with van der Waals surface area (Å²) in [5.41, 5.74) is 0. The molecule has 0 spiro atoms. The van der Waals surface area contributed by atoms with Crippen molar-refractivity contribution in [3.05, 3.63) is 0 Å². The summed E-state index contributed by atoms with van der Waals surface area (Å²) in [6, 6.07) is 0.787. The number of ketones is 1. The van der Waals surface area contributed by atoms with E-state index in [0.29, 0.717) is 30.2 Å². The minimum Gasteiger partial charge on any atom is -0.310 e. The Labute approximate surface area is 68.4 Å². The van der Waals surface area contributed by atoms with E-state index < -0.39 is 0 Å². The molecule has 1 N–H and O–H groups in total. The van der Waals surface area contributed by atoms with Crippen molar-refractivity contribution in [2.75, 3.05) is 0 Å². The molecular formula is C9H17NO. The number of nitrogens with one attached hydrogen (secondary N) is 1. The zero-order valence-corrected chi connectivity index (χ0v) is 7.55. The second-order valence-electron chi connectivity index (χ2n) is 3.87. The molecule has 64 valence electrons. The first-order valence-corrected chi connectivity index (χ1v) is 4.37. The van der Waals surface area contributed by atoms with E-state index in [1.54, 1.807) is 0 Å². The molecule has 1 heterocycles. The molecule has 1 rings (SSSR count). The van der Waals surface area contributed by atoms with Crippen LogP contribution < -0.4 is 5.32 Å². The average Bonchev–Trinajstić information content (AvgIpc) is 1.85. The van der Waals surface area contributed by atoms with E-state index in [-0.39, 0.29) is 0 Å². The van der Waals surface area contributed by atoms with E-state index in [1.807, 2.05) is 0 Å². The fraction of sp³-hybridized carbons (Fsp3) is 0.889. The smallest absolute Gasteiger partial charge is 0.136 e. The Morgan fingerprint density at radius 3 is 2.55 bits per heavy atom. The molecule has 2 nitrogen and oxygen atoms in total. The van der Waals surface area contributed by atoms with E-state index in [1.165, 1.54) is 0 Å². The van der Waals surface area contributed by atoms with E-state index in [9.17, 15) is 4.79 Å². The van der Waals surface area contributed by atoms with Crippen LogP contribution in [0.3, 0.4) is 0 Å². The Kier molecular flexibility index (Phi) is 2.66. The van der Waals surface area contributed by atoms with Gasteiger partial charge in [0.15, 0.2) is 0 Å². The van der Waals surface area contributed by atoms with E-state index in [2.05, 4.69) is 26.1 Å². The maximum Gasteiger partial charge on any atom is 0.136 e. The maximum absolute atomic E-state index is 11.1. The van der Waals surface area contributed by atoms with Crippen LogP contribution >= 0.6 is 0 Å². The van der Waals surface area contributed by atoms with Crippen molar-refractivity contribution >= 4 is 5.78 Å². The highest BCUT2D eigenvalue weighted by Gasteiger charge is 2.25. The molecular weight excluding hydrogens is 138 g/mol. The molecule has 1 fully saturated rings. The number of hydrogen-bond acceptors (Lipinski definition) is 2. The summed E-state index contributed by atoms with van der Waals surface area (Å²) in [6.45, 7) is 6.39. The molecule has 1 aliphatic heterocycles. The van der Waals surface area contributed by atoms with Crippen LogP contribution in [0.4, 0.5) is 0 Å². The lowest BCUT2D eigenvalue weighted by Crippen LogP contribution is -2.46. The van der Waals surface area contributed by atoms with Gasteiger partial charge in [-0.25, -0.2) is 0 Å². The summed E-state index contributed by atoms with van der Waals surface area (Å²) in [4.78, 5) is 11.1. The zero-order valence-electron chi connectivity index (χ0n) is 7.55. The molecule has 0 amide bonds. The molecule has 0 saturated carbocycles. The second kappa shape index (κ2) is 3.35. The predicted molar refractivity (Wildman–Crippen MR) is 45.5 cm³/mol. The van der Waals surface area contributed by atoms with Crippen LogP contribution in [0, 0.1) is 5.92 Å². The summed E-state index contributed by atoms with van der Waals surface area (Å²) >= 11 is 0. The summed E-state index contributed by atoms with van der Waals surface area (Å²) in [6.07, 6.45) is 1.44. The third-order valence-corrected chi connectivity index (χ3v) is 2.28. The van der Waals surface area contributed by atoms with Gasteiger partial charge in [-0.1, -0.05) is 13.8 Å². The highest BCUT2D eigenvalue weighted by atomic mass is 16.1. The monoisotopic (exact) mass is 155 g/mol. The lowest BCUT2D eigenvalue weighted by atomic mass is 9.91. The van der Waals surface area contributed by atoms with Crippen molar-refractivity contribution in [1.29, 1.82) is 0 Å². The Morgan fingerprint density at radius 1 is 1.45 bits per heavy atom. The van der Waals surface area contributed by atoms with Crippen LogP contribution in [0.5, 0.6) is 0 Å². The normalized spacial score (nSPS) is 32.9. The maximum atomic E-state index is 11.1. The molecule has 1 saturated heterocycles. The van der Waals surface area contributed by atoms with Gasteiger partial charge in [0.05, 0.1) is 0 Å². The van der Waals surface area contributed by atoms with Gasteiger partial charge >= 0.3 is 0 Å². The molecule has 0 bridgehead atoms. The van der Waals surface area contributed by atoms with Crippen LogP contribution in [0.15, 0.2) is 0 Å². The molecule has 0 aromatic rings. The van der Waals surface area contributed by atoms with E-state index >= 15 is 0 Å². The number of rotatable bonds is 1. The van der Waals surface area contributed by atoms with Crippen molar-refractivity contribution in [3.63, 3.8) is 0 Å². The standard InChI is InChI=1S/C9H17NO/c1-6(2)9-5-8(11)4-7(3)10-9/h6-7,9-10H,4-5H2,1-3H3/t7-,9-/m0/s1.